The molecule has 0 spiro atoms. The van der Waals surface area contributed by atoms with Crippen molar-refractivity contribution in [3.05, 3.63) is 69.6 Å². The molecule has 0 bridgehead atoms. The van der Waals surface area contributed by atoms with Crippen LogP contribution in [-0.4, -0.2) is 13.8 Å². The zero-order valence-electron chi connectivity index (χ0n) is 14.3. The standard InChI is InChI=1S/C20H19NO4/c1-13-9-19(22)25-20-16(13)7-8-18-17(20)11-21(12-24-18)10-14-3-5-15(23-2)6-4-14/h3-9H,10-12H2,1-2H3/p+1. The lowest BCUT2D eigenvalue weighted by atomic mass is 10.0. The van der Waals surface area contributed by atoms with E-state index in [1.54, 1.807) is 7.11 Å². The van der Waals surface area contributed by atoms with Gasteiger partial charge in [-0.25, -0.2) is 4.79 Å². The summed E-state index contributed by atoms with van der Waals surface area (Å²) < 4.78 is 16.6. The number of rotatable bonds is 3. The van der Waals surface area contributed by atoms with Crippen molar-refractivity contribution >= 4 is 11.0 Å². The van der Waals surface area contributed by atoms with Crippen LogP contribution in [0.3, 0.4) is 0 Å². The Kier molecular flexibility index (Phi) is 3.93. The van der Waals surface area contributed by atoms with Crippen LogP contribution in [0.2, 0.25) is 0 Å². The number of nitrogens with one attached hydrogen (secondary N) is 1. The molecule has 0 amide bonds. The van der Waals surface area contributed by atoms with Crippen molar-refractivity contribution in [2.75, 3.05) is 13.8 Å². The molecule has 128 valence electrons. The number of benzene rings is 2. The fourth-order valence-corrected chi connectivity index (χ4v) is 3.35. The van der Waals surface area contributed by atoms with Gasteiger partial charge >= 0.3 is 5.63 Å². The van der Waals surface area contributed by atoms with E-state index in [2.05, 4.69) is 12.1 Å². The minimum atomic E-state index is -0.319. The van der Waals surface area contributed by atoms with Gasteiger partial charge in [0.05, 0.1) is 12.7 Å². The molecule has 0 fully saturated rings. The van der Waals surface area contributed by atoms with E-state index < -0.39 is 0 Å². The molecule has 25 heavy (non-hydrogen) atoms. The maximum Gasteiger partial charge on any atom is 0.336 e. The van der Waals surface area contributed by atoms with Crippen LogP contribution in [0.1, 0.15) is 16.7 Å². The molecule has 2 aromatic carbocycles. The quantitative estimate of drug-likeness (QED) is 0.743. The van der Waals surface area contributed by atoms with Crippen molar-refractivity contribution in [3.63, 3.8) is 0 Å². The molecule has 0 aliphatic carbocycles. The summed E-state index contributed by atoms with van der Waals surface area (Å²) in [5.74, 6) is 1.65. The lowest BCUT2D eigenvalue weighted by molar-refractivity contribution is -0.945. The highest BCUT2D eigenvalue weighted by molar-refractivity contribution is 5.84. The minimum Gasteiger partial charge on any atom is -0.497 e. The van der Waals surface area contributed by atoms with E-state index in [0.717, 1.165) is 41.1 Å². The summed E-state index contributed by atoms with van der Waals surface area (Å²) in [5.41, 5.74) is 3.43. The van der Waals surface area contributed by atoms with E-state index in [9.17, 15) is 4.79 Å². The van der Waals surface area contributed by atoms with Gasteiger partial charge in [-0.2, -0.15) is 0 Å². The molecule has 0 saturated carbocycles. The summed E-state index contributed by atoms with van der Waals surface area (Å²) in [4.78, 5) is 13.1. The second-order valence-corrected chi connectivity index (χ2v) is 6.41. The monoisotopic (exact) mass is 338 g/mol. The fourth-order valence-electron chi connectivity index (χ4n) is 3.35. The molecule has 2 heterocycles. The lowest BCUT2D eigenvalue weighted by Crippen LogP contribution is -3.10. The van der Waals surface area contributed by atoms with Gasteiger partial charge in [0.1, 0.15) is 24.6 Å². The second kappa shape index (κ2) is 6.26. The van der Waals surface area contributed by atoms with E-state index in [0.29, 0.717) is 12.3 Å². The molecule has 1 aliphatic rings. The Balaban J connectivity index is 1.65. The first-order valence-electron chi connectivity index (χ1n) is 8.29. The number of quaternary nitrogens is 1. The van der Waals surface area contributed by atoms with Gasteiger partial charge in [-0.1, -0.05) is 0 Å². The summed E-state index contributed by atoms with van der Waals surface area (Å²) >= 11 is 0. The highest BCUT2D eigenvalue weighted by atomic mass is 16.5. The largest absolute Gasteiger partial charge is 0.497 e. The average molecular weight is 338 g/mol. The molecule has 1 aromatic heterocycles. The summed E-state index contributed by atoms with van der Waals surface area (Å²) in [7, 11) is 1.66. The zero-order chi connectivity index (χ0) is 17.4. The second-order valence-electron chi connectivity index (χ2n) is 6.41. The van der Waals surface area contributed by atoms with Gasteiger partial charge in [-0.15, -0.1) is 0 Å². The van der Waals surface area contributed by atoms with Gasteiger partial charge in [-0.3, -0.25) is 4.90 Å². The minimum absolute atomic E-state index is 0.319. The van der Waals surface area contributed by atoms with Crippen LogP contribution in [0.5, 0.6) is 11.5 Å². The molecule has 5 heteroatoms. The van der Waals surface area contributed by atoms with Crippen LogP contribution in [0.15, 0.2) is 51.7 Å². The zero-order valence-corrected chi connectivity index (χ0v) is 14.3. The molecule has 1 N–H and O–H groups in total. The first kappa shape index (κ1) is 15.7. The summed E-state index contributed by atoms with van der Waals surface area (Å²) in [5, 5.41) is 0.965. The summed E-state index contributed by atoms with van der Waals surface area (Å²) in [6.07, 6.45) is 0. The predicted molar refractivity (Wildman–Crippen MR) is 94.1 cm³/mol. The van der Waals surface area contributed by atoms with Crippen LogP contribution >= 0.6 is 0 Å². The summed E-state index contributed by atoms with van der Waals surface area (Å²) in [6.45, 7) is 4.10. The first-order chi connectivity index (χ1) is 12.1. The maximum absolute atomic E-state index is 11.8. The molecular formula is C20H20NO4+. The van der Waals surface area contributed by atoms with Gasteiger partial charge < -0.3 is 13.9 Å². The molecule has 1 atom stereocenters. The number of hydrogen-bond donors (Lipinski definition) is 1. The van der Waals surface area contributed by atoms with Crippen molar-refractivity contribution in [2.24, 2.45) is 0 Å². The first-order valence-corrected chi connectivity index (χ1v) is 8.29. The number of ether oxygens (including phenoxy) is 2. The third-order valence-electron chi connectivity index (χ3n) is 4.65. The van der Waals surface area contributed by atoms with E-state index >= 15 is 0 Å². The SMILES string of the molecule is COc1ccc(C[NH+]2COc3ccc4c(C)cc(=O)oc4c3C2)cc1. The Morgan fingerprint density at radius 2 is 1.96 bits per heavy atom. The van der Waals surface area contributed by atoms with E-state index in [1.165, 1.54) is 16.5 Å². The van der Waals surface area contributed by atoms with E-state index in [-0.39, 0.29) is 5.63 Å². The molecule has 1 unspecified atom stereocenters. The van der Waals surface area contributed by atoms with Crippen LogP contribution in [-0.2, 0) is 13.1 Å². The van der Waals surface area contributed by atoms with Gasteiger partial charge in [0.25, 0.3) is 0 Å². The molecule has 5 nitrogen and oxygen atoms in total. The van der Waals surface area contributed by atoms with E-state index in [4.69, 9.17) is 13.9 Å². The van der Waals surface area contributed by atoms with Crippen molar-refractivity contribution in [2.45, 2.75) is 20.0 Å². The number of aryl methyl sites for hydroxylation is 1. The van der Waals surface area contributed by atoms with Crippen molar-refractivity contribution < 1.29 is 18.8 Å². The number of hydrogen-bond acceptors (Lipinski definition) is 4. The fraction of sp³-hybridized carbons (Fsp3) is 0.250. The van der Waals surface area contributed by atoms with Crippen molar-refractivity contribution in [1.29, 1.82) is 0 Å². The van der Waals surface area contributed by atoms with Gasteiger partial charge in [0, 0.05) is 17.0 Å². The number of methoxy groups -OCH3 is 1. The van der Waals surface area contributed by atoms with Crippen LogP contribution in [0.25, 0.3) is 11.0 Å². The Morgan fingerprint density at radius 1 is 1.16 bits per heavy atom. The highest BCUT2D eigenvalue weighted by Crippen LogP contribution is 2.29. The molecule has 0 saturated heterocycles. The Hall–Kier alpha value is -2.79. The van der Waals surface area contributed by atoms with Crippen molar-refractivity contribution in [1.82, 2.24) is 0 Å². The van der Waals surface area contributed by atoms with Gasteiger partial charge in [0.2, 0.25) is 6.73 Å². The van der Waals surface area contributed by atoms with Crippen LogP contribution in [0.4, 0.5) is 0 Å². The van der Waals surface area contributed by atoms with Gasteiger partial charge in [-0.05, 0) is 48.9 Å². The molecule has 0 radical (unpaired) electrons. The van der Waals surface area contributed by atoms with E-state index in [1.807, 2.05) is 31.2 Å². The highest BCUT2D eigenvalue weighted by Gasteiger charge is 2.24. The third kappa shape index (κ3) is 2.98. The average Bonchev–Trinajstić information content (AvgIpc) is 2.62. The molecular weight excluding hydrogens is 318 g/mol. The van der Waals surface area contributed by atoms with Crippen LogP contribution in [0, 0.1) is 6.92 Å². The lowest BCUT2D eigenvalue weighted by Gasteiger charge is -2.26. The Bertz CT molecular complexity index is 975. The topological polar surface area (TPSA) is 53.1 Å². The summed E-state index contributed by atoms with van der Waals surface area (Å²) in [6, 6.07) is 13.5. The normalized spacial score (nSPS) is 16.3. The van der Waals surface area contributed by atoms with Crippen molar-refractivity contribution in [3.8, 4) is 11.5 Å². The Labute approximate surface area is 145 Å². The van der Waals surface area contributed by atoms with Gasteiger partial charge in [0.15, 0.2) is 5.58 Å². The smallest absolute Gasteiger partial charge is 0.336 e. The Morgan fingerprint density at radius 3 is 2.72 bits per heavy atom. The third-order valence-corrected chi connectivity index (χ3v) is 4.65. The molecule has 1 aliphatic heterocycles. The number of fused-ring (bicyclic) bond motifs is 3. The maximum atomic E-state index is 11.8. The predicted octanol–water partition coefficient (Wildman–Crippen LogP) is 2.05. The molecule has 3 aromatic rings. The molecule has 4 rings (SSSR count). The van der Waals surface area contributed by atoms with Crippen LogP contribution < -0.4 is 20.0 Å².